The van der Waals surface area contributed by atoms with Crippen LogP contribution in [0.4, 0.5) is 0 Å². The summed E-state index contributed by atoms with van der Waals surface area (Å²) in [6.45, 7) is 6.76. The zero-order valence-corrected chi connectivity index (χ0v) is 14.8. The molecule has 2 heterocycles. The Morgan fingerprint density at radius 1 is 1.22 bits per heavy atom. The van der Waals surface area contributed by atoms with Crippen LogP contribution in [0.1, 0.15) is 57.7 Å². The highest BCUT2D eigenvalue weighted by Crippen LogP contribution is 2.11. The average Bonchev–Trinajstić information content (AvgIpc) is 2.90. The van der Waals surface area contributed by atoms with Crippen LogP contribution in [0.5, 0.6) is 0 Å². The first-order chi connectivity index (χ1) is 11.2. The van der Waals surface area contributed by atoms with E-state index in [1.807, 2.05) is 22.7 Å². The van der Waals surface area contributed by atoms with E-state index in [0.29, 0.717) is 13.0 Å². The van der Waals surface area contributed by atoms with Gasteiger partial charge in [0.05, 0.1) is 6.54 Å². The van der Waals surface area contributed by atoms with Gasteiger partial charge < -0.3 is 14.4 Å². The summed E-state index contributed by atoms with van der Waals surface area (Å²) in [5.74, 6) is 1.22. The van der Waals surface area contributed by atoms with E-state index < -0.39 is 0 Å². The third kappa shape index (κ3) is 5.98. The number of hydrogen-bond acceptors (Lipinski definition) is 3. The lowest BCUT2D eigenvalue weighted by molar-refractivity contribution is -0.132. The predicted octanol–water partition coefficient (Wildman–Crippen LogP) is 2.81. The molecule has 0 aliphatic carbocycles. The monoisotopic (exact) mass is 320 g/mol. The van der Waals surface area contributed by atoms with Crippen molar-refractivity contribution in [3.8, 4) is 0 Å². The Balaban J connectivity index is 1.83. The Labute approximate surface area is 140 Å². The average molecular weight is 320 g/mol. The van der Waals surface area contributed by atoms with Gasteiger partial charge in [0.15, 0.2) is 0 Å². The van der Waals surface area contributed by atoms with E-state index in [0.717, 1.165) is 38.4 Å². The minimum absolute atomic E-state index is 0.261. The van der Waals surface area contributed by atoms with Crippen LogP contribution < -0.4 is 0 Å². The number of imidazole rings is 1. The van der Waals surface area contributed by atoms with Gasteiger partial charge in [-0.05, 0) is 32.4 Å². The first-order valence-electron chi connectivity index (χ1n) is 9.17. The first-order valence-corrected chi connectivity index (χ1v) is 9.17. The summed E-state index contributed by atoms with van der Waals surface area (Å²) in [6, 6.07) is 0. The molecule has 0 unspecified atom stereocenters. The molecule has 0 N–H and O–H groups in total. The van der Waals surface area contributed by atoms with Crippen molar-refractivity contribution in [3.05, 3.63) is 18.2 Å². The first kappa shape index (κ1) is 18.0. The lowest BCUT2D eigenvalue weighted by atomic mass is 10.1. The molecule has 5 heteroatoms. The second kappa shape index (κ2) is 9.71. The lowest BCUT2D eigenvalue weighted by Crippen LogP contribution is -2.36. The fourth-order valence-electron chi connectivity index (χ4n) is 3.23. The summed E-state index contributed by atoms with van der Waals surface area (Å²) in [5.41, 5.74) is 0. The van der Waals surface area contributed by atoms with E-state index >= 15 is 0 Å². The van der Waals surface area contributed by atoms with E-state index in [4.69, 9.17) is 0 Å². The number of hydrogen-bond donors (Lipinski definition) is 0. The molecule has 130 valence electrons. The van der Waals surface area contributed by atoms with Gasteiger partial charge in [0.1, 0.15) is 5.82 Å². The van der Waals surface area contributed by atoms with Gasteiger partial charge in [-0.1, -0.05) is 26.2 Å². The second-order valence-electron chi connectivity index (χ2n) is 6.63. The molecule has 1 aromatic heterocycles. The molecule has 0 spiro atoms. The highest BCUT2D eigenvalue weighted by molar-refractivity contribution is 5.76. The molecule has 1 saturated heterocycles. The third-order valence-corrected chi connectivity index (χ3v) is 4.69. The van der Waals surface area contributed by atoms with Gasteiger partial charge in [-0.15, -0.1) is 0 Å². The Morgan fingerprint density at radius 2 is 1.91 bits per heavy atom. The van der Waals surface area contributed by atoms with E-state index in [2.05, 4.69) is 16.8 Å². The van der Waals surface area contributed by atoms with Crippen molar-refractivity contribution in [2.24, 2.45) is 7.05 Å². The molecule has 5 nitrogen and oxygen atoms in total. The van der Waals surface area contributed by atoms with Crippen molar-refractivity contribution in [1.82, 2.24) is 19.4 Å². The molecule has 1 amide bonds. The molecule has 1 fully saturated rings. The summed E-state index contributed by atoms with van der Waals surface area (Å²) in [5, 5.41) is 0. The Kier molecular flexibility index (Phi) is 7.59. The van der Waals surface area contributed by atoms with Crippen LogP contribution in [0.15, 0.2) is 12.4 Å². The van der Waals surface area contributed by atoms with Gasteiger partial charge in [0.25, 0.3) is 0 Å². The van der Waals surface area contributed by atoms with Gasteiger partial charge in [0.2, 0.25) is 5.91 Å². The van der Waals surface area contributed by atoms with Crippen LogP contribution in [-0.2, 0) is 18.4 Å². The second-order valence-corrected chi connectivity index (χ2v) is 6.63. The molecule has 2 rings (SSSR count). The number of rotatable bonds is 7. The van der Waals surface area contributed by atoms with Crippen LogP contribution in [0.25, 0.3) is 0 Å². The fraction of sp³-hybridized carbons (Fsp3) is 0.778. The topological polar surface area (TPSA) is 41.4 Å². The van der Waals surface area contributed by atoms with Crippen LogP contribution in [0.3, 0.4) is 0 Å². The van der Waals surface area contributed by atoms with Crippen LogP contribution in [0.2, 0.25) is 0 Å². The molecular formula is C18H32N4O. The predicted molar refractivity (Wildman–Crippen MR) is 93.1 cm³/mol. The van der Waals surface area contributed by atoms with Gasteiger partial charge in [-0.25, -0.2) is 4.98 Å². The van der Waals surface area contributed by atoms with Gasteiger partial charge in [0, 0.05) is 39.0 Å². The van der Waals surface area contributed by atoms with Crippen molar-refractivity contribution < 1.29 is 4.79 Å². The van der Waals surface area contributed by atoms with Gasteiger partial charge >= 0.3 is 0 Å². The molecule has 0 aromatic carbocycles. The minimum Gasteiger partial charge on any atom is -0.337 e. The summed E-state index contributed by atoms with van der Waals surface area (Å²) in [4.78, 5) is 21.4. The SMILES string of the molecule is CCCN(Cc1nccn1C)C(=O)CCN1CCCCCCC1. The van der Waals surface area contributed by atoms with Crippen molar-refractivity contribution >= 4 is 5.91 Å². The number of carbonyl (C=O) groups is 1. The lowest BCUT2D eigenvalue weighted by Gasteiger charge is -2.26. The zero-order chi connectivity index (χ0) is 16.5. The maximum Gasteiger partial charge on any atom is 0.224 e. The van der Waals surface area contributed by atoms with E-state index in [9.17, 15) is 4.79 Å². The standard InChI is InChI=1S/C18H32N4O/c1-3-11-22(16-17-19-10-15-20(17)2)18(23)9-14-21-12-7-5-4-6-8-13-21/h10,15H,3-9,11-14,16H2,1-2H3. The number of nitrogens with zero attached hydrogens (tertiary/aromatic N) is 4. The van der Waals surface area contributed by atoms with Gasteiger partial charge in [-0.3, -0.25) is 4.79 Å². The van der Waals surface area contributed by atoms with E-state index in [1.54, 1.807) is 6.20 Å². The highest BCUT2D eigenvalue weighted by atomic mass is 16.2. The summed E-state index contributed by atoms with van der Waals surface area (Å²) < 4.78 is 1.99. The summed E-state index contributed by atoms with van der Waals surface area (Å²) >= 11 is 0. The molecule has 0 atom stereocenters. The Morgan fingerprint density at radius 3 is 2.52 bits per heavy atom. The number of aromatic nitrogens is 2. The number of amides is 1. The quantitative estimate of drug-likeness (QED) is 0.776. The highest BCUT2D eigenvalue weighted by Gasteiger charge is 2.17. The van der Waals surface area contributed by atoms with E-state index in [-0.39, 0.29) is 5.91 Å². The molecule has 0 bridgehead atoms. The largest absolute Gasteiger partial charge is 0.337 e. The van der Waals surface area contributed by atoms with Crippen LogP contribution >= 0.6 is 0 Å². The molecule has 1 aliphatic rings. The maximum absolute atomic E-state index is 12.6. The Hall–Kier alpha value is -1.36. The normalized spacial score (nSPS) is 16.8. The molecule has 23 heavy (non-hydrogen) atoms. The molecule has 0 saturated carbocycles. The Bertz CT molecular complexity index is 463. The van der Waals surface area contributed by atoms with E-state index in [1.165, 1.54) is 32.1 Å². The number of carbonyl (C=O) groups excluding carboxylic acids is 1. The number of aryl methyl sites for hydroxylation is 1. The van der Waals surface area contributed by atoms with Crippen LogP contribution in [0, 0.1) is 0 Å². The smallest absolute Gasteiger partial charge is 0.224 e. The van der Waals surface area contributed by atoms with Gasteiger partial charge in [-0.2, -0.15) is 0 Å². The molecule has 1 aromatic rings. The van der Waals surface area contributed by atoms with Crippen molar-refractivity contribution in [2.45, 2.75) is 58.4 Å². The van der Waals surface area contributed by atoms with Crippen molar-refractivity contribution in [2.75, 3.05) is 26.2 Å². The third-order valence-electron chi connectivity index (χ3n) is 4.69. The summed E-state index contributed by atoms with van der Waals surface area (Å²) in [6.07, 6.45) is 12.0. The minimum atomic E-state index is 0.261. The fourth-order valence-corrected chi connectivity index (χ4v) is 3.23. The molecule has 0 radical (unpaired) electrons. The number of likely N-dealkylation sites (tertiary alicyclic amines) is 1. The molecule has 1 aliphatic heterocycles. The maximum atomic E-state index is 12.6. The zero-order valence-electron chi connectivity index (χ0n) is 14.8. The molecular weight excluding hydrogens is 288 g/mol. The summed E-state index contributed by atoms with van der Waals surface area (Å²) in [7, 11) is 1.98. The van der Waals surface area contributed by atoms with Crippen molar-refractivity contribution in [1.29, 1.82) is 0 Å². The van der Waals surface area contributed by atoms with Crippen LogP contribution in [-0.4, -0.2) is 51.4 Å². The van der Waals surface area contributed by atoms with Crippen molar-refractivity contribution in [3.63, 3.8) is 0 Å².